The first-order valence-electron chi connectivity index (χ1n) is 11.7. The van der Waals surface area contributed by atoms with Gasteiger partial charge in [-0.15, -0.1) is 0 Å². The fraction of sp³-hybridized carbons (Fsp3) is 0.708. The molecule has 6 heteroatoms. The number of morpholine rings is 1. The average Bonchev–Trinajstić information content (AvgIpc) is 2.78. The van der Waals surface area contributed by atoms with Crippen LogP contribution in [-0.2, 0) is 17.8 Å². The molecule has 0 saturated carbocycles. The Balaban J connectivity index is 1.50. The van der Waals surface area contributed by atoms with Crippen LogP contribution in [0.4, 0.5) is 0 Å². The Bertz CT molecular complexity index is 646. The van der Waals surface area contributed by atoms with Gasteiger partial charge < -0.3 is 15.4 Å². The molecule has 2 aliphatic rings. The van der Waals surface area contributed by atoms with Gasteiger partial charge in [0.1, 0.15) is 0 Å². The highest BCUT2D eigenvalue weighted by Gasteiger charge is 2.28. The van der Waals surface area contributed by atoms with Crippen LogP contribution in [0.25, 0.3) is 0 Å². The Hall–Kier alpha value is -1.63. The lowest BCUT2D eigenvalue weighted by atomic mass is 10.0. The lowest BCUT2D eigenvalue weighted by Crippen LogP contribution is -2.56. The van der Waals surface area contributed by atoms with Crippen LogP contribution < -0.4 is 10.6 Å². The second-order valence-electron chi connectivity index (χ2n) is 9.11. The van der Waals surface area contributed by atoms with Crippen LogP contribution in [0.2, 0.25) is 0 Å². The van der Waals surface area contributed by atoms with Gasteiger partial charge in [0.25, 0.3) is 0 Å². The van der Waals surface area contributed by atoms with Crippen molar-refractivity contribution < 1.29 is 4.74 Å². The molecule has 2 N–H and O–H groups in total. The summed E-state index contributed by atoms with van der Waals surface area (Å²) in [5.74, 6) is 0.885. The van der Waals surface area contributed by atoms with Crippen LogP contribution in [0.3, 0.4) is 0 Å². The summed E-state index contributed by atoms with van der Waals surface area (Å²) in [5, 5.41) is 6.93. The van der Waals surface area contributed by atoms with E-state index < -0.39 is 0 Å². The summed E-state index contributed by atoms with van der Waals surface area (Å²) in [6.45, 7) is 16.3. The van der Waals surface area contributed by atoms with Crippen LogP contribution in [0.1, 0.15) is 51.2 Å². The molecule has 3 rings (SSSR count). The second kappa shape index (κ2) is 11.7. The Morgan fingerprint density at radius 3 is 2.30 bits per heavy atom. The summed E-state index contributed by atoms with van der Waals surface area (Å²) >= 11 is 0. The first kappa shape index (κ1) is 23.0. The lowest BCUT2D eigenvalue weighted by molar-refractivity contribution is -0.00834. The molecule has 6 nitrogen and oxygen atoms in total. The van der Waals surface area contributed by atoms with E-state index in [0.29, 0.717) is 6.54 Å². The molecule has 0 atom stereocenters. The van der Waals surface area contributed by atoms with Crippen LogP contribution in [0.15, 0.2) is 29.3 Å². The highest BCUT2D eigenvalue weighted by Crippen LogP contribution is 2.16. The molecular formula is C24H41N5O. The highest BCUT2D eigenvalue weighted by molar-refractivity contribution is 5.79. The SMILES string of the molecule is CCNC(=NCc1ccc(CN2CCCCC2)cc1)NCC(C)(C)N1CCOCC1. The van der Waals surface area contributed by atoms with Crippen molar-refractivity contribution in [3.05, 3.63) is 35.4 Å². The normalized spacial score (nSPS) is 19.6. The van der Waals surface area contributed by atoms with Crippen LogP contribution in [-0.4, -0.2) is 73.8 Å². The Morgan fingerprint density at radius 1 is 0.967 bits per heavy atom. The standard InChI is InChI=1S/C24H41N5O/c1-4-25-23(27-20-24(2,3)29-14-16-30-17-15-29)26-18-21-8-10-22(11-9-21)19-28-12-6-5-7-13-28/h8-11H,4-7,12-20H2,1-3H3,(H2,25,26,27). The summed E-state index contributed by atoms with van der Waals surface area (Å²) in [7, 11) is 0. The minimum absolute atomic E-state index is 0.0655. The number of guanidine groups is 1. The van der Waals surface area contributed by atoms with Gasteiger partial charge in [-0.3, -0.25) is 9.80 Å². The van der Waals surface area contributed by atoms with E-state index in [1.54, 1.807) is 0 Å². The maximum atomic E-state index is 5.50. The minimum Gasteiger partial charge on any atom is -0.379 e. The third-order valence-corrected chi connectivity index (χ3v) is 6.20. The van der Waals surface area contributed by atoms with Gasteiger partial charge in [-0.25, -0.2) is 4.99 Å². The molecular weight excluding hydrogens is 374 g/mol. The Kier molecular flexibility index (Phi) is 8.97. The van der Waals surface area contributed by atoms with Gasteiger partial charge in [0.2, 0.25) is 0 Å². The zero-order chi connectivity index (χ0) is 21.2. The van der Waals surface area contributed by atoms with Crippen molar-refractivity contribution in [2.75, 3.05) is 52.5 Å². The van der Waals surface area contributed by atoms with Gasteiger partial charge in [-0.05, 0) is 57.8 Å². The monoisotopic (exact) mass is 415 g/mol. The molecule has 0 aromatic heterocycles. The summed E-state index contributed by atoms with van der Waals surface area (Å²) < 4.78 is 5.50. The van der Waals surface area contributed by atoms with Crippen molar-refractivity contribution in [1.29, 1.82) is 0 Å². The van der Waals surface area contributed by atoms with Crippen molar-refractivity contribution in [2.24, 2.45) is 4.99 Å². The van der Waals surface area contributed by atoms with E-state index in [2.05, 4.69) is 65.5 Å². The molecule has 1 aromatic carbocycles. The molecule has 2 aliphatic heterocycles. The molecule has 0 spiro atoms. The summed E-state index contributed by atoms with van der Waals surface area (Å²) in [4.78, 5) is 9.88. The van der Waals surface area contributed by atoms with Gasteiger partial charge in [0, 0.05) is 38.3 Å². The number of rotatable bonds is 8. The number of benzene rings is 1. The van der Waals surface area contributed by atoms with Gasteiger partial charge in [0.05, 0.1) is 19.8 Å². The molecule has 2 saturated heterocycles. The fourth-order valence-electron chi connectivity index (χ4n) is 4.22. The predicted octanol–water partition coefficient (Wildman–Crippen LogP) is 2.84. The average molecular weight is 416 g/mol. The molecule has 2 heterocycles. The Labute approximate surface area is 183 Å². The van der Waals surface area contributed by atoms with Crippen LogP contribution >= 0.6 is 0 Å². The van der Waals surface area contributed by atoms with Crippen molar-refractivity contribution in [3.8, 4) is 0 Å². The maximum Gasteiger partial charge on any atom is 0.191 e. The molecule has 2 fully saturated rings. The highest BCUT2D eigenvalue weighted by atomic mass is 16.5. The van der Waals surface area contributed by atoms with Gasteiger partial charge in [-0.2, -0.15) is 0 Å². The van der Waals surface area contributed by atoms with E-state index in [1.807, 2.05) is 0 Å². The number of ether oxygens (including phenoxy) is 1. The van der Waals surface area contributed by atoms with Crippen LogP contribution in [0, 0.1) is 0 Å². The zero-order valence-corrected chi connectivity index (χ0v) is 19.3. The van der Waals surface area contributed by atoms with Gasteiger partial charge in [-0.1, -0.05) is 30.7 Å². The third-order valence-electron chi connectivity index (χ3n) is 6.20. The molecule has 0 unspecified atom stereocenters. The third kappa shape index (κ3) is 7.25. The summed E-state index contributed by atoms with van der Waals surface area (Å²) in [5.41, 5.74) is 2.72. The fourth-order valence-corrected chi connectivity index (χ4v) is 4.22. The largest absolute Gasteiger partial charge is 0.379 e. The molecule has 30 heavy (non-hydrogen) atoms. The van der Waals surface area contributed by atoms with E-state index in [1.165, 1.54) is 43.5 Å². The van der Waals surface area contributed by atoms with E-state index in [0.717, 1.165) is 51.9 Å². The minimum atomic E-state index is 0.0655. The summed E-state index contributed by atoms with van der Waals surface area (Å²) in [6, 6.07) is 8.98. The van der Waals surface area contributed by atoms with E-state index >= 15 is 0 Å². The molecule has 0 aliphatic carbocycles. The first-order valence-corrected chi connectivity index (χ1v) is 11.7. The van der Waals surface area contributed by atoms with Gasteiger partial charge in [0.15, 0.2) is 5.96 Å². The van der Waals surface area contributed by atoms with E-state index in [9.17, 15) is 0 Å². The molecule has 0 amide bonds. The zero-order valence-electron chi connectivity index (χ0n) is 19.3. The number of nitrogens with zero attached hydrogens (tertiary/aromatic N) is 3. The molecule has 0 bridgehead atoms. The van der Waals surface area contributed by atoms with Crippen molar-refractivity contribution in [2.45, 2.75) is 58.7 Å². The van der Waals surface area contributed by atoms with E-state index in [4.69, 9.17) is 9.73 Å². The number of likely N-dealkylation sites (tertiary alicyclic amines) is 1. The van der Waals surface area contributed by atoms with Crippen LogP contribution in [0.5, 0.6) is 0 Å². The number of hydrogen-bond donors (Lipinski definition) is 2. The molecule has 168 valence electrons. The van der Waals surface area contributed by atoms with E-state index in [-0.39, 0.29) is 5.54 Å². The predicted molar refractivity (Wildman–Crippen MR) is 125 cm³/mol. The number of aliphatic imine (C=N–C) groups is 1. The Morgan fingerprint density at radius 2 is 1.63 bits per heavy atom. The quantitative estimate of drug-likeness (QED) is 0.505. The lowest BCUT2D eigenvalue weighted by Gasteiger charge is -2.41. The van der Waals surface area contributed by atoms with Crippen molar-refractivity contribution in [1.82, 2.24) is 20.4 Å². The molecule has 1 aromatic rings. The topological polar surface area (TPSA) is 52.1 Å². The van der Waals surface area contributed by atoms with Crippen molar-refractivity contribution in [3.63, 3.8) is 0 Å². The molecule has 0 radical (unpaired) electrons. The van der Waals surface area contributed by atoms with Crippen molar-refractivity contribution >= 4 is 5.96 Å². The first-order chi connectivity index (χ1) is 14.6. The number of nitrogens with one attached hydrogen (secondary N) is 2. The smallest absolute Gasteiger partial charge is 0.191 e. The number of hydrogen-bond acceptors (Lipinski definition) is 4. The summed E-state index contributed by atoms with van der Waals surface area (Å²) in [6.07, 6.45) is 4.07. The number of piperidine rings is 1. The second-order valence-corrected chi connectivity index (χ2v) is 9.11. The van der Waals surface area contributed by atoms with Gasteiger partial charge >= 0.3 is 0 Å². The maximum absolute atomic E-state index is 5.50.